The summed E-state index contributed by atoms with van der Waals surface area (Å²) in [7, 11) is 0. The van der Waals surface area contributed by atoms with Gasteiger partial charge in [0.25, 0.3) is 5.69 Å². The van der Waals surface area contributed by atoms with Gasteiger partial charge < -0.3 is 9.84 Å². The van der Waals surface area contributed by atoms with Gasteiger partial charge in [0, 0.05) is 6.07 Å². The number of benzene rings is 1. The first kappa shape index (κ1) is 13.4. The van der Waals surface area contributed by atoms with Gasteiger partial charge in [0.1, 0.15) is 12.4 Å². The molecule has 5 nitrogen and oxygen atoms in total. The van der Waals surface area contributed by atoms with Crippen molar-refractivity contribution in [2.24, 2.45) is 0 Å². The number of hydrogen-bond donors (Lipinski definition) is 1. The normalized spacial score (nSPS) is 14.1. The Kier molecular flexibility index (Phi) is 4.07. The summed E-state index contributed by atoms with van der Waals surface area (Å²) in [5, 5.41) is 20.5. The zero-order chi connectivity index (χ0) is 13.1. The van der Waals surface area contributed by atoms with Crippen molar-refractivity contribution in [3.63, 3.8) is 0 Å². The van der Waals surface area contributed by atoms with Gasteiger partial charge in [0.2, 0.25) is 0 Å². The van der Waals surface area contributed by atoms with Gasteiger partial charge in [0.05, 0.1) is 16.1 Å². The van der Waals surface area contributed by atoms with E-state index in [9.17, 15) is 15.2 Å². The topological polar surface area (TPSA) is 72.6 Å². The molecule has 0 amide bonds. The molecule has 0 aliphatic carbocycles. The molecule has 94 valence electrons. The molecular weight excluding hydrogens is 222 g/mol. The van der Waals surface area contributed by atoms with Crippen molar-refractivity contribution in [1.29, 1.82) is 0 Å². The molecule has 0 bridgehead atoms. The minimum absolute atomic E-state index is 0.0265. The fourth-order valence-corrected chi connectivity index (χ4v) is 1.29. The van der Waals surface area contributed by atoms with E-state index in [-0.39, 0.29) is 12.3 Å². The Hall–Kier alpha value is -1.62. The van der Waals surface area contributed by atoms with Crippen molar-refractivity contribution < 1.29 is 14.8 Å². The summed E-state index contributed by atoms with van der Waals surface area (Å²) in [4.78, 5) is 10.3. The summed E-state index contributed by atoms with van der Waals surface area (Å²) in [6, 6.07) is 4.66. The Morgan fingerprint density at radius 1 is 1.53 bits per heavy atom. The molecule has 0 fully saturated rings. The van der Waals surface area contributed by atoms with Gasteiger partial charge in [-0.05, 0) is 26.3 Å². The average Bonchev–Trinajstić information content (AvgIpc) is 2.27. The lowest BCUT2D eigenvalue weighted by molar-refractivity contribution is -0.385. The Morgan fingerprint density at radius 2 is 2.18 bits per heavy atom. The predicted molar refractivity (Wildman–Crippen MR) is 64.2 cm³/mol. The van der Waals surface area contributed by atoms with Crippen LogP contribution in [0.15, 0.2) is 18.2 Å². The Labute approximate surface area is 100 Å². The Morgan fingerprint density at radius 3 is 2.71 bits per heavy atom. The molecule has 0 aromatic heterocycles. The zero-order valence-corrected chi connectivity index (χ0v) is 10.3. The lowest BCUT2D eigenvalue weighted by Gasteiger charge is -2.22. The van der Waals surface area contributed by atoms with E-state index in [1.165, 1.54) is 6.07 Å². The Bertz CT molecular complexity index is 415. The molecule has 0 saturated heterocycles. The van der Waals surface area contributed by atoms with Gasteiger partial charge >= 0.3 is 0 Å². The van der Waals surface area contributed by atoms with E-state index >= 15 is 0 Å². The Balaban J connectivity index is 2.86. The minimum Gasteiger partial charge on any atom is -0.490 e. The van der Waals surface area contributed by atoms with Crippen LogP contribution in [0.1, 0.15) is 25.8 Å². The standard InChI is InChI=1S/C12H17NO4/c1-4-12(3,14)8-17-11-7-5-6-10(9(11)2)13(15)16/h5-7,14H,4,8H2,1-3H3. The quantitative estimate of drug-likeness (QED) is 0.632. The lowest BCUT2D eigenvalue weighted by Crippen LogP contribution is -2.31. The summed E-state index contributed by atoms with van der Waals surface area (Å²) in [5.41, 5.74) is -0.417. The lowest BCUT2D eigenvalue weighted by atomic mass is 10.1. The van der Waals surface area contributed by atoms with Crippen molar-refractivity contribution in [3.8, 4) is 5.75 Å². The minimum atomic E-state index is -0.920. The third-order valence-electron chi connectivity index (χ3n) is 2.75. The molecule has 0 radical (unpaired) electrons. The van der Waals surface area contributed by atoms with Crippen LogP contribution >= 0.6 is 0 Å². The van der Waals surface area contributed by atoms with Gasteiger partial charge in [-0.15, -0.1) is 0 Å². The fourth-order valence-electron chi connectivity index (χ4n) is 1.29. The third kappa shape index (κ3) is 3.42. The number of rotatable bonds is 5. The molecule has 0 saturated carbocycles. The number of nitro benzene ring substituents is 1. The second-order valence-corrected chi connectivity index (χ2v) is 4.30. The molecular formula is C12H17NO4. The average molecular weight is 239 g/mol. The summed E-state index contributed by atoms with van der Waals surface area (Å²) >= 11 is 0. The van der Waals surface area contributed by atoms with Crippen LogP contribution in [0.3, 0.4) is 0 Å². The SMILES string of the molecule is CCC(C)(O)COc1cccc([N+](=O)[O-])c1C. The molecule has 1 rings (SSSR count). The maximum Gasteiger partial charge on any atom is 0.276 e. The molecule has 1 unspecified atom stereocenters. The van der Waals surface area contributed by atoms with E-state index in [1.54, 1.807) is 26.0 Å². The smallest absolute Gasteiger partial charge is 0.276 e. The number of aliphatic hydroxyl groups is 1. The van der Waals surface area contributed by atoms with E-state index in [4.69, 9.17) is 4.74 Å². The molecule has 0 aliphatic rings. The number of hydrogen-bond acceptors (Lipinski definition) is 4. The first-order valence-electron chi connectivity index (χ1n) is 5.46. The molecule has 0 aliphatic heterocycles. The molecule has 0 spiro atoms. The summed E-state index contributed by atoms with van der Waals surface area (Å²) in [6.45, 7) is 5.27. The van der Waals surface area contributed by atoms with Crippen LogP contribution in [0.25, 0.3) is 0 Å². The van der Waals surface area contributed by atoms with E-state index in [0.29, 0.717) is 17.7 Å². The summed E-state index contributed by atoms with van der Waals surface area (Å²) in [6.07, 6.45) is 0.557. The predicted octanol–water partition coefficient (Wildman–Crippen LogP) is 2.44. The molecule has 1 atom stereocenters. The van der Waals surface area contributed by atoms with Gasteiger partial charge in [-0.1, -0.05) is 13.0 Å². The van der Waals surface area contributed by atoms with Crippen molar-refractivity contribution in [2.75, 3.05) is 6.61 Å². The van der Waals surface area contributed by atoms with Crippen molar-refractivity contribution >= 4 is 5.69 Å². The van der Waals surface area contributed by atoms with Crippen LogP contribution in [0.5, 0.6) is 5.75 Å². The number of nitrogens with zero attached hydrogens (tertiary/aromatic N) is 1. The van der Waals surface area contributed by atoms with Crippen molar-refractivity contribution in [2.45, 2.75) is 32.8 Å². The zero-order valence-electron chi connectivity index (χ0n) is 10.3. The largest absolute Gasteiger partial charge is 0.490 e. The number of ether oxygens (including phenoxy) is 1. The maximum absolute atomic E-state index is 10.7. The van der Waals surface area contributed by atoms with Crippen LogP contribution in [-0.2, 0) is 0 Å². The first-order chi connectivity index (χ1) is 7.87. The van der Waals surface area contributed by atoms with E-state index in [1.807, 2.05) is 6.92 Å². The summed E-state index contributed by atoms with van der Waals surface area (Å²) in [5.74, 6) is 0.438. The van der Waals surface area contributed by atoms with E-state index < -0.39 is 10.5 Å². The van der Waals surface area contributed by atoms with Crippen LogP contribution in [0.2, 0.25) is 0 Å². The van der Waals surface area contributed by atoms with Crippen LogP contribution in [-0.4, -0.2) is 22.2 Å². The van der Waals surface area contributed by atoms with Crippen LogP contribution in [0.4, 0.5) is 5.69 Å². The number of nitro groups is 1. The van der Waals surface area contributed by atoms with Gasteiger partial charge in [-0.3, -0.25) is 10.1 Å². The monoisotopic (exact) mass is 239 g/mol. The molecule has 17 heavy (non-hydrogen) atoms. The highest BCUT2D eigenvalue weighted by molar-refractivity contribution is 5.48. The van der Waals surface area contributed by atoms with Crippen LogP contribution in [0, 0.1) is 17.0 Å². The van der Waals surface area contributed by atoms with Crippen molar-refractivity contribution in [3.05, 3.63) is 33.9 Å². The second kappa shape index (κ2) is 5.14. The van der Waals surface area contributed by atoms with Crippen molar-refractivity contribution in [1.82, 2.24) is 0 Å². The molecule has 5 heteroatoms. The maximum atomic E-state index is 10.7. The summed E-state index contributed by atoms with van der Waals surface area (Å²) < 4.78 is 5.43. The molecule has 1 aromatic rings. The van der Waals surface area contributed by atoms with Gasteiger partial charge in [0.15, 0.2) is 0 Å². The molecule has 1 aromatic carbocycles. The highest BCUT2D eigenvalue weighted by atomic mass is 16.6. The highest BCUT2D eigenvalue weighted by Gasteiger charge is 2.20. The van der Waals surface area contributed by atoms with Crippen LogP contribution < -0.4 is 4.74 Å². The first-order valence-corrected chi connectivity index (χ1v) is 5.46. The van der Waals surface area contributed by atoms with Gasteiger partial charge in [-0.2, -0.15) is 0 Å². The molecule has 1 N–H and O–H groups in total. The van der Waals surface area contributed by atoms with Gasteiger partial charge in [-0.25, -0.2) is 0 Å². The fraction of sp³-hybridized carbons (Fsp3) is 0.500. The van der Waals surface area contributed by atoms with E-state index in [0.717, 1.165) is 0 Å². The third-order valence-corrected chi connectivity index (χ3v) is 2.75. The van der Waals surface area contributed by atoms with E-state index in [2.05, 4.69) is 0 Å². The second-order valence-electron chi connectivity index (χ2n) is 4.30. The highest BCUT2D eigenvalue weighted by Crippen LogP contribution is 2.27. The molecule has 0 heterocycles.